The van der Waals surface area contributed by atoms with Crippen LogP contribution in [0.25, 0.3) is 11.2 Å². The van der Waals surface area contributed by atoms with Crippen molar-refractivity contribution in [2.45, 2.75) is 45.2 Å². The van der Waals surface area contributed by atoms with E-state index in [0.29, 0.717) is 18.5 Å². The Balaban J connectivity index is 1.68. The van der Waals surface area contributed by atoms with Gasteiger partial charge in [-0.1, -0.05) is 0 Å². The molecule has 2 aromatic heterocycles. The fourth-order valence-electron chi connectivity index (χ4n) is 2.48. The first-order valence-electron chi connectivity index (χ1n) is 7.58. The molecular weight excluding hydrogens is 355 g/mol. The molecule has 0 spiro atoms. The molecule has 1 aliphatic heterocycles. The topological polar surface area (TPSA) is 167 Å². The lowest BCUT2D eigenvalue weighted by Gasteiger charge is -2.18. The molecule has 3 unspecified atom stereocenters. The summed E-state index contributed by atoms with van der Waals surface area (Å²) in [5.74, 6) is -0.0256. The molecule has 12 nitrogen and oxygen atoms in total. The van der Waals surface area contributed by atoms with Crippen molar-refractivity contribution in [1.82, 2.24) is 25.0 Å². The highest BCUT2D eigenvalue weighted by molar-refractivity contribution is 7.47. The summed E-state index contributed by atoms with van der Waals surface area (Å²) < 4.78 is 28.4. The van der Waals surface area contributed by atoms with Gasteiger partial charge in [0.25, 0.3) is 5.56 Å². The van der Waals surface area contributed by atoms with Crippen LogP contribution in [0.1, 0.15) is 32.9 Å². The van der Waals surface area contributed by atoms with Crippen LogP contribution in [-0.2, 0) is 18.5 Å². The molecule has 0 radical (unpaired) electrons. The summed E-state index contributed by atoms with van der Waals surface area (Å²) in [7, 11) is -4.22. The third kappa shape index (κ3) is 4.06. The SMILES string of the molecule is CC(C)OP(=O)(O)ONC1CCC(n2cnc3c(=O)[nH]c(N)nc32)O1. The standard InChI is InChI=1S/C12H19N6O6P/c1-6(2)23-25(20,21)24-17-7-3-4-8(22-7)18-5-14-9-10(18)15-12(13)16-11(9)19/h5-8,17H,3-4H2,1-2H3,(H,20,21)(H3,13,15,16,19). The molecule has 0 aromatic carbocycles. The second-order valence-corrected chi connectivity index (χ2v) is 7.09. The van der Waals surface area contributed by atoms with Gasteiger partial charge in [-0.2, -0.15) is 15.1 Å². The van der Waals surface area contributed by atoms with Crippen LogP contribution in [-0.4, -0.2) is 36.7 Å². The van der Waals surface area contributed by atoms with Gasteiger partial charge in [0.1, 0.15) is 12.5 Å². The highest BCUT2D eigenvalue weighted by Gasteiger charge is 2.31. The Kier molecular flexibility index (Phi) is 4.91. The van der Waals surface area contributed by atoms with E-state index in [4.69, 9.17) is 19.6 Å². The summed E-state index contributed by atoms with van der Waals surface area (Å²) in [6.45, 7) is 3.22. The fourth-order valence-corrected chi connectivity index (χ4v) is 3.30. The second kappa shape index (κ2) is 6.83. The normalized spacial score (nSPS) is 23.4. The molecule has 13 heteroatoms. The number of aromatic nitrogens is 4. The molecule has 1 aliphatic rings. The lowest BCUT2D eigenvalue weighted by molar-refractivity contribution is -0.0710. The Morgan fingerprint density at radius 3 is 3.04 bits per heavy atom. The zero-order chi connectivity index (χ0) is 18.2. The number of H-pyrrole nitrogens is 1. The number of hydroxylamine groups is 1. The Bertz CT molecular complexity index is 865. The van der Waals surface area contributed by atoms with Crippen LogP contribution in [0, 0.1) is 0 Å². The lowest BCUT2D eigenvalue weighted by atomic mass is 10.3. The number of hydrogen-bond acceptors (Lipinski definition) is 9. The smallest absolute Gasteiger partial charge is 0.369 e. The maximum absolute atomic E-state index is 11.8. The summed E-state index contributed by atoms with van der Waals surface area (Å²) >= 11 is 0. The van der Waals surface area contributed by atoms with Crippen molar-refractivity contribution >= 4 is 24.9 Å². The number of nitrogens with two attached hydrogens (primary N) is 1. The maximum Gasteiger partial charge on any atom is 0.489 e. The van der Waals surface area contributed by atoms with E-state index in [0.717, 1.165) is 0 Å². The number of anilines is 1. The number of hydrogen-bond donors (Lipinski definition) is 4. The highest BCUT2D eigenvalue weighted by atomic mass is 31.2. The number of nitrogens with one attached hydrogen (secondary N) is 2. The van der Waals surface area contributed by atoms with Crippen LogP contribution >= 0.6 is 7.82 Å². The number of imidazole rings is 1. The Labute approximate surface area is 141 Å². The molecule has 0 saturated carbocycles. The maximum atomic E-state index is 11.8. The van der Waals surface area contributed by atoms with Crippen molar-refractivity contribution in [3.8, 4) is 0 Å². The number of nitrogen functional groups attached to an aromatic ring is 1. The summed E-state index contributed by atoms with van der Waals surface area (Å²) in [6.07, 6.45) is 0.870. The average molecular weight is 374 g/mol. The number of nitrogens with zero attached hydrogens (tertiary/aromatic N) is 3. The summed E-state index contributed by atoms with van der Waals surface area (Å²) in [4.78, 5) is 31.8. The zero-order valence-corrected chi connectivity index (χ0v) is 14.5. The van der Waals surface area contributed by atoms with E-state index in [9.17, 15) is 14.3 Å². The molecule has 3 heterocycles. The Hall–Kier alpha value is -1.82. The van der Waals surface area contributed by atoms with Crippen molar-refractivity contribution in [1.29, 1.82) is 0 Å². The van der Waals surface area contributed by atoms with E-state index in [1.165, 1.54) is 6.33 Å². The van der Waals surface area contributed by atoms with Gasteiger partial charge >= 0.3 is 7.82 Å². The van der Waals surface area contributed by atoms with E-state index in [-0.39, 0.29) is 11.5 Å². The quantitative estimate of drug-likeness (QED) is 0.410. The van der Waals surface area contributed by atoms with Gasteiger partial charge in [-0.15, -0.1) is 0 Å². The van der Waals surface area contributed by atoms with Crippen molar-refractivity contribution < 1.29 is 23.3 Å². The van der Waals surface area contributed by atoms with E-state index in [2.05, 4.69) is 20.4 Å². The van der Waals surface area contributed by atoms with Gasteiger partial charge < -0.3 is 15.4 Å². The van der Waals surface area contributed by atoms with Gasteiger partial charge in [0.05, 0.1) is 12.4 Å². The fraction of sp³-hybridized carbons (Fsp3) is 0.583. The number of phosphoric ester groups is 1. The number of ether oxygens (including phenoxy) is 1. The lowest BCUT2D eigenvalue weighted by Crippen LogP contribution is -2.28. The van der Waals surface area contributed by atoms with E-state index in [1.54, 1.807) is 18.4 Å². The summed E-state index contributed by atoms with van der Waals surface area (Å²) in [5.41, 5.74) is 7.95. The number of rotatable bonds is 6. The Morgan fingerprint density at radius 2 is 2.32 bits per heavy atom. The largest absolute Gasteiger partial charge is 0.489 e. The first-order valence-corrected chi connectivity index (χ1v) is 9.08. The third-order valence-corrected chi connectivity index (χ3v) is 4.43. The average Bonchev–Trinajstić information content (AvgIpc) is 3.10. The first kappa shape index (κ1) is 18.0. The number of aromatic amines is 1. The molecule has 0 bridgehead atoms. The van der Waals surface area contributed by atoms with E-state index in [1.807, 2.05) is 0 Å². The predicted molar refractivity (Wildman–Crippen MR) is 86.0 cm³/mol. The zero-order valence-electron chi connectivity index (χ0n) is 13.6. The van der Waals surface area contributed by atoms with Gasteiger partial charge in [-0.25, -0.2) is 9.55 Å². The number of fused-ring (bicyclic) bond motifs is 1. The molecule has 1 saturated heterocycles. The second-order valence-electron chi connectivity index (χ2n) is 5.76. The molecule has 2 aromatic rings. The van der Waals surface area contributed by atoms with Crippen LogP contribution in [0.2, 0.25) is 0 Å². The molecule has 5 N–H and O–H groups in total. The monoisotopic (exact) mass is 374 g/mol. The molecule has 3 atom stereocenters. The first-order chi connectivity index (χ1) is 11.7. The van der Waals surface area contributed by atoms with E-state index >= 15 is 0 Å². The van der Waals surface area contributed by atoms with Crippen LogP contribution in [0.5, 0.6) is 0 Å². The summed E-state index contributed by atoms with van der Waals surface area (Å²) in [5, 5.41) is 0. The van der Waals surface area contributed by atoms with E-state index < -0.39 is 31.9 Å². The molecule has 138 valence electrons. The molecule has 0 amide bonds. The summed E-state index contributed by atoms with van der Waals surface area (Å²) in [6, 6.07) is 0. The van der Waals surface area contributed by atoms with Gasteiger partial charge in [0.2, 0.25) is 5.95 Å². The van der Waals surface area contributed by atoms with Crippen molar-refractivity contribution in [3.63, 3.8) is 0 Å². The highest BCUT2D eigenvalue weighted by Crippen LogP contribution is 2.44. The van der Waals surface area contributed by atoms with Crippen molar-refractivity contribution in [3.05, 3.63) is 16.7 Å². The number of phosphoric acid groups is 1. The van der Waals surface area contributed by atoms with Crippen molar-refractivity contribution in [2.24, 2.45) is 0 Å². The molecule has 25 heavy (non-hydrogen) atoms. The molecular formula is C12H19N6O6P. The predicted octanol–water partition coefficient (Wildman–Crippen LogP) is 0.383. The van der Waals surface area contributed by atoms with Crippen LogP contribution in [0.15, 0.2) is 11.1 Å². The van der Waals surface area contributed by atoms with Crippen molar-refractivity contribution in [2.75, 3.05) is 5.73 Å². The minimum atomic E-state index is -4.22. The minimum absolute atomic E-state index is 0.0256. The molecule has 1 fully saturated rings. The van der Waals surface area contributed by atoms with Crippen LogP contribution in [0.3, 0.4) is 0 Å². The van der Waals surface area contributed by atoms with Gasteiger partial charge in [-0.05, 0) is 26.7 Å². The van der Waals surface area contributed by atoms with Gasteiger partial charge in [0, 0.05) is 0 Å². The Morgan fingerprint density at radius 1 is 1.56 bits per heavy atom. The van der Waals surface area contributed by atoms with Crippen LogP contribution < -0.4 is 16.8 Å². The third-order valence-electron chi connectivity index (χ3n) is 3.40. The van der Waals surface area contributed by atoms with Gasteiger partial charge in [0.15, 0.2) is 11.2 Å². The van der Waals surface area contributed by atoms with Crippen LogP contribution in [0.4, 0.5) is 5.95 Å². The minimum Gasteiger partial charge on any atom is -0.369 e. The van der Waals surface area contributed by atoms with Gasteiger partial charge in [-0.3, -0.25) is 18.9 Å². The molecule has 0 aliphatic carbocycles. The molecule has 3 rings (SSSR count).